The van der Waals surface area contributed by atoms with E-state index < -0.39 is 48.3 Å². The Morgan fingerprint density at radius 2 is 1.72 bits per heavy atom. The summed E-state index contributed by atoms with van der Waals surface area (Å²) in [4.78, 5) is 63.2. The summed E-state index contributed by atoms with van der Waals surface area (Å²) in [6.45, 7) is 5.09. The Balaban J connectivity index is 2.95. The zero-order valence-corrected chi connectivity index (χ0v) is 23.6. The van der Waals surface area contributed by atoms with E-state index in [9.17, 15) is 29.1 Å². The topological polar surface area (TPSA) is 200 Å². The number of carboxylic acid groups (broad SMARTS) is 2. The number of aliphatic carboxylic acids is 2. The quantitative estimate of drug-likeness (QED) is 0.124. The van der Waals surface area contributed by atoms with Gasteiger partial charge >= 0.3 is 11.9 Å². The third-order valence-electron chi connectivity index (χ3n) is 6.94. The summed E-state index contributed by atoms with van der Waals surface area (Å²) in [5.74, 6) is -3.66. The predicted octanol–water partition coefficient (Wildman–Crippen LogP) is -0.0779. The van der Waals surface area contributed by atoms with Crippen LogP contribution in [0, 0.1) is 11.8 Å². The van der Waals surface area contributed by atoms with Crippen LogP contribution in [0.2, 0.25) is 0 Å². The summed E-state index contributed by atoms with van der Waals surface area (Å²) in [6.07, 6.45) is 1.83. The lowest BCUT2D eigenvalue weighted by Crippen LogP contribution is -2.56. The zero-order valence-electron chi connectivity index (χ0n) is 23.6. The highest BCUT2D eigenvalue weighted by atomic mass is 16.5. The lowest BCUT2D eigenvalue weighted by molar-refractivity contribution is -0.144. The van der Waals surface area contributed by atoms with Gasteiger partial charge in [-0.05, 0) is 58.0 Å². The lowest BCUT2D eigenvalue weighted by Gasteiger charge is -2.39. The molecule has 1 heterocycles. The molecule has 3 amide bonds. The number of likely N-dealkylation sites (tertiary alicyclic amines) is 1. The number of carbonyl (C=O) groups is 5. The number of rotatable bonds is 18. The van der Waals surface area contributed by atoms with Crippen molar-refractivity contribution in [1.29, 1.82) is 0 Å². The third-order valence-corrected chi connectivity index (χ3v) is 6.94. The fourth-order valence-electron chi connectivity index (χ4n) is 4.80. The van der Waals surface area contributed by atoms with Crippen LogP contribution in [-0.4, -0.2) is 103 Å². The Labute approximate surface area is 230 Å². The maximum absolute atomic E-state index is 13.6. The minimum atomic E-state index is -1.33. The standard InChI is InChI=1S/C26H47N5O8/c1-16(2)13-20(28-3)24(35)30-18(7-5-6-11-27)25(36)31-12-10-21(39-4)17(15-31)14-22(32)29-19(26(37)38)8-9-23(33)34/h16-21,28H,5-15,27H2,1-4H3,(H,29,32)(H,30,35)(H,33,34)(H,37,38)/t17-,18+,19+,20+,21+/m1/s1. The van der Waals surface area contributed by atoms with Crippen molar-refractivity contribution in [2.75, 3.05) is 33.8 Å². The lowest BCUT2D eigenvalue weighted by atomic mass is 9.90. The predicted molar refractivity (Wildman–Crippen MR) is 144 cm³/mol. The summed E-state index contributed by atoms with van der Waals surface area (Å²) >= 11 is 0. The van der Waals surface area contributed by atoms with Gasteiger partial charge in [0.15, 0.2) is 0 Å². The molecule has 7 N–H and O–H groups in total. The summed E-state index contributed by atoms with van der Waals surface area (Å²) in [7, 11) is 3.22. The van der Waals surface area contributed by atoms with Crippen molar-refractivity contribution in [2.45, 2.75) is 89.4 Å². The number of carbonyl (C=O) groups excluding carboxylic acids is 3. The number of unbranched alkanes of at least 4 members (excludes halogenated alkanes) is 1. The SMILES string of the molecule is CN[C@@H](CC(C)C)C(=O)N[C@@H](CCCCN)C(=O)N1CC[C@H](OC)[C@H](CC(=O)N[C@@H](CCC(=O)O)C(=O)O)C1. The van der Waals surface area contributed by atoms with E-state index in [1.807, 2.05) is 13.8 Å². The number of methoxy groups -OCH3 is 1. The van der Waals surface area contributed by atoms with E-state index in [2.05, 4.69) is 16.0 Å². The highest BCUT2D eigenvalue weighted by Crippen LogP contribution is 2.24. The molecule has 1 saturated heterocycles. The van der Waals surface area contributed by atoms with E-state index in [1.165, 1.54) is 7.11 Å². The van der Waals surface area contributed by atoms with E-state index in [0.717, 1.165) is 0 Å². The summed E-state index contributed by atoms with van der Waals surface area (Å²) < 4.78 is 5.55. The molecule has 0 bridgehead atoms. The van der Waals surface area contributed by atoms with E-state index in [0.29, 0.717) is 45.2 Å². The number of piperidine rings is 1. The molecule has 0 unspecified atom stereocenters. The second kappa shape index (κ2) is 17.7. The number of likely N-dealkylation sites (N-methyl/N-ethyl adjacent to an activating group) is 1. The normalized spacial score (nSPS) is 19.7. The van der Waals surface area contributed by atoms with Gasteiger partial charge in [0.1, 0.15) is 12.1 Å². The van der Waals surface area contributed by atoms with E-state index in [1.54, 1.807) is 11.9 Å². The van der Waals surface area contributed by atoms with Crippen LogP contribution >= 0.6 is 0 Å². The number of hydrogen-bond acceptors (Lipinski definition) is 8. The first-order valence-electron chi connectivity index (χ1n) is 13.7. The number of amides is 3. The van der Waals surface area contributed by atoms with Crippen LogP contribution in [0.15, 0.2) is 0 Å². The third kappa shape index (κ3) is 12.3. The van der Waals surface area contributed by atoms with Crippen molar-refractivity contribution in [3.63, 3.8) is 0 Å². The fourth-order valence-corrected chi connectivity index (χ4v) is 4.80. The van der Waals surface area contributed by atoms with Crippen molar-refractivity contribution in [1.82, 2.24) is 20.9 Å². The molecule has 1 fully saturated rings. The van der Waals surface area contributed by atoms with Crippen LogP contribution in [0.5, 0.6) is 0 Å². The molecule has 0 spiro atoms. The second-order valence-corrected chi connectivity index (χ2v) is 10.5. The number of nitrogens with one attached hydrogen (secondary N) is 3. The molecule has 13 heteroatoms. The Bertz CT molecular complexity index is 824. The van der Waals surface area contributed by atoms with Gasteiger partial charge in [0.25, 0.3) is 0 Å². The van der Waals surface area contributed by atoms with Gasteiger partial charge in [0, 0.05) is 39.0 Å². The van der Waals surface area contributed by atoms with Crippen molar-refractivity contribution in [3.8, 4) is 0 Å². The molecule has 1 aliphatic heterocycles. The molecular formula is C26H47N5O8. The van der Waals surface area contributed by atoms with Crippen molar-refractivity contribution < 1.29 is 38.9 Å². The molecule has 39 heavy (non-hydrogen) atoms. The summed E-state index contributed by atoms with van der Waals surface area (Å²) in [5.41, 5.74) is 5.63. The molecule has 5 atom stereocenters. The Morgan fingerprint density at radius 3 is 2.26 bits per heavy atom. The van der Waals surface area contributed by atoms with Crippen molar-refractivity contribution >= 4 is 29.7 Å². The molecule has 0 saturated carbocycles. The molecule has 0 aromatic rings. The van der Waals surface area contributed by atoms with Gasteiger partial charge in [-0.3, -0.25) is 19.2 Å². The average Bonchev–Trinajstić information content (AvgIpc) is 2.88. The van der Waals surface area contributed by atoms with Crippen LogP contribution in [-0.2, 0) is 28.7 Å². The zero-order chi connectivity index (χ0) is 29.5. The molecule has 13 nitrogen and oxygen atoms in total. The van der Waals surface area contributed by atoms with Crippen LogP contribution in [0.25, 0.3) is 0 Å². The van der Waals surface area contributed by atoms with Gasteiger partial charge in [-0.15, -0.1) is 0 Å². The molecular weight excluding hydrogens is 510 g/mol. The maximum Gasteiger partial charge on any atom is 0.326 e. The summed E-state index contributed by atoms with van der Waals surface area (Å²) in [5, 5.41) is 26.5. The number of ether oxygens (including phenoxy) is 1. The van der Waals surface area contributed by atoms with Gasteiger partial charge in [-0.1, -0.05) is 13.8 Å². The van der Waals surface area contributed by atoms with Gasteiger partial charge in [-0.2, -0.15) is 0 Å². The monoisotopic (exact) mass is 557 g/mol. The molecule has 1 aliphatic rings. The molecule has 0 aromatic heterocycles. The first kappa shape index (κ1) is 34.3. The molecule has 0 radical (unpaired) electrons. The van der Waals surface area contributed by atoms with Gasteiger partial charge in [-0.25, -0.2) is 4.79 Å². The number of hydrogen-bond donors (Lipinski definition) is 6. The highest BCUT2D eigenvalue weighted by molar-refractivity contribution is 5.90. The number of nitrogens with two attached hydrogens (primary N) is 1. The highest BCUT2D eigenvalue weighted by Gasteiger charge is 2.36. The van der Waals surface area contributed by atoms with Crippen LogP contribution in [0.4, 0.5) is 0 Å². The number of carboxylic acids is 2. The van der Waals surface area contributed by atoms with Crippen LogP contribution < -0.4 is 21.7 Å². The van der Waals surface area contributed by atoms with E-state index in [4.69, 9.17) is 15.6 Å². The minimum absolute atomic E-state index is 0.0977. The number of nitrogens with zero attached hydrogens (tertiary/aromatic N) is 1. The smallest absolute Gasteiger partial charge is 0.326 e. The van der Waals surface area contributed by atoms with Crippen molar-refractivity contribution in [2.24, 2.45) is 17.6 Å². The first-order valence-corrected chi connectivity index (χ1v) is 13.7. The van der Waals surface area contributed by atoms with Gasteiger partial charge in [0.2, 0.25) is 17.7 Å². The van der Waals surface area contributed by atoms with Crippen molar-refractivity contribution in [3.05, 3.63) is 0 Å². The minimum Gasteiger partial charge on any atom is -0.481 e. The second-order valence-electron chi connectivity index (χ2n) is 10.5. The fraction of sp³-hybridized carbons (Fsp3) is 0.808. The van der Waals surface area contributed by atoms with E-state index in [-0.39, 0.29) is 43.2 Å². The average molecular weight is 558 g/mol. The molecule has 224 valence electrons. The maximum atomic E-state index is 13.6. The van der Waals surface area contributed by atoms with E-state index >= 15 is 0 Å². The largest absolute Gasteiger partial charge is 0.481 e. The Morgan fingerprint density at radius 1 is 1.03 bits per heavy atom. The van der Waals surface area contributed by atoms with Crippen LogP contribution in [0.3, 0.4) is 0 Å². The summed E-state index contributed by atoms with van der Waals surface area (Å²) in [6, 6.07) is -2.51. The van der Waals surface area contributed by atoms with Gasteiger partial charge in [0.05, 0.1) is 12.1 Å². The Hall–Kier alpha value is -2.77. The molecule has 0 aromatic carbocycles. The molecule has 1 rings (SSSR count). The molecule has 0 aliphatic carbocycles. The van der Waals surface area contributed by atoms with Crippen LogP contribution in [0.1, 0.15) is 65.2 Å². The Kier molecular flexibility index (Phi) is 15.6. The first-order chi connectivity index (χ1) is 18.4. The van der Waals surface area contributed by atoms with Gasteiger partial charge < -0.3 is 41.5 Å².